The average Bonchev–Trinajstić information content (AvgIpc) is 2.45. The number of hydrogen-bond acceptors (Lipinski definition) is 3. The largest absolute Gasteiger partial charge is 1.00 e. The minimum Gasteiger partial charge on any atom is -0.744 e. The Morgan fingerprint density at radius 1 is 0.913 bits per heavy atom. The molecule has 1 aromatic rings. The molecule has 0 atom stereocenters. The molecule has 0 bridgehead atoms. The number of hydrogen-bond donors (Lipinski definition) is 0. The molecule has 0 aliphatic heterocycles. The van der Waals surface area contributed by atoms with Crippen LogP contribution < -0.4 is 29.6 Å². The van der Waals surface area contributed by atoms with E-state index in [2.05, 4.69) is 6.92 Å². The molecule has 0 N–H and O–H groups in total. The molecule has 126 valence electrons. The van der Waals surface area contributed by atoms with Gasteiger partial charge in [-0.05, 0) is 37.0 Å². The van der Waals surface area contributed by atoms with Crippen LogP contribution in [0.4, 0.5) is 0 Å². The van der Waals surface area contributed by atoms with Crippen molar-refractivity contribution in [3.63, 3.8) is 0 Å². The van der Waals surface area contributed by atoms with Crippen molar-refractivity contribution in [2.75, 3.05) is 0 Å². The first kappa shape index (κ1) is 23.1. The number of unbranched alkanes of at least 4 members (excludes halogenated alkanes) is 8. The summed E-state index contributed by atoms with van der Waals surface area (Å²) in [5.41, 5.74) is 1.61. The predicted molar refractivity (Wildman–Crippen MR) is 90.1 cm³/mol. The van der Waals surface area contributed by atoms with Gasteiger partial charge in [0.2, 0.25) is 0 Å². The van der Waals surface area contributed by atoms with Crippen molar-refractivity contribution in [2.45, 2.75) is 83.0 Å². The van der Waals surface area contributed by atoms with Crippen LogP contribution in [-0.4, -0.2) is 13.0 Å². The van der Waals surface area contributed by atoms with Crippen molar-refractivity contribution >= 4 is 10.1 Å². The third-order valence-electron chi connectivity index (χ3n) is 4.17. The molecule has 0 fully saturated rings. The van der Waals surface area contributed by atoms with Gasteiger partial charge in [-0.2, -0.15) is 0 Å². The van der Waals surface area contributed by atoms with Gasteiger partial charge in [0.15, 0.2) is 0 Å². The summed E-state index contributed by atoms with van der Waals surface area (Å²) in [6.07, 6.45) is 11.7. The first-order chi connectivity index (χ1) is 10.5. The van der Waals surface area contributed by atoms with Crippen molar-refractivity contribution in [3.05, 3.63) is 29.3 Å². The molecule has 3 nitrogen and oxygen atoms in total. The third-order valence-corrected chi connectivity index (χ3v) is 5.09. The van der Waals surface area contributed by atoms with Crippen molar-refractivity contribution in [1.29, 1.82) is 0 Å². The number of benzene rings is 1. The van der Waals surface area contributed by atoms with Crippen molar-refractivity contribution in [1.82, 2.24) is 0 Å². The van der Waals surface area contributed by atoms with Gasteiger partial charge >= 0.3 is 29.6 Å². The standard InChI is InChI=1S/C18H30O3S.Na/c1-3-4-5-6-7-8-9-10-11-14-17-16(2)13-12-15-18(17)22(19,20)21;/h12-13,15H,3-11,14H2,1-2H3,(H,19,20,21);/q;+1/p-1. The van der Waals surface area contributed by atoms with E-state index in [9.17, 15) is 13.0 Å². The Morgan fingerprint density at radius 3 is 1.96 bits per heavy atom. The molecular formula is C18H29NaO3S. The van der Waals surface area contributed by atoms with E-state index in [1.807, 2.05) is 13.0 Å². The van der Waals surface area contributed by atoms with E-state index in [4.69, 9.17) is 0 Å². The van der Waals surface area contributed by atoms with E-state index in [0.29, 0.717) is 12.0 Å². The molecule has 0 saturated heterocycles. The van der Waals surface area contributed by atoms with Gasteiger partial charge in [0.25, 0.3) is 0 Å². The van der Waals surface area contributed by atoms with E-state index in [0.717, 1.165) is 18.4 Å². The van der Waals surface area contributed by atoms with Crippen molar-refractivity contribution in [2.24, 2.45) is 0 Å². The quantitative estimate of drug-likeness (QED) is 0.349. The van der Waals surface area contributed by atoms with E-state index >= 15 is 0 Å². The Morgan fingerprint density at radius 2 is 1.43 bits per heavy atom. The number of aryl methyl sites for hydroxylation is 1. The molecular weight excluding hydrogens is 319 g/mol. The second kappa shape index (κ2) is 12.5. The van der Waals surface area contributed by atoms with Crippen LogP contribution in [0, 0.1) is 6.92 Å². The van der Waals surface area contributed by atoms with Crippen LogP contribution in [0.25, 0.3) is 0 Å². The van der Waals surface area contributed by atoms with E-state index in [1.54, 1.807) is 6.07 Å². The van der Waals surface area contributed by atoms with Gasteiger partial charge in [0.1, 0.15) is 10.1 Å². The summed E-state index contributed by atoms with van der Waals surface area (Å²) >= 11 is 0. The molecule has 23 heavy (non-hydrogen) atoms. The summed E-state index contributed by atoms with van der Waals surface area (Å²) in [7, 11) is -4.37. The van der Waals surface area contributed by atoms with Crippen LogP contribution in [0.2, 0.25) is 0 Å². The van der Waals surface area contributed by atoms with Gasteiger partial charge in [-0.3, -0.25) is 0 Å². The summed E-state index contributed by atoms with van der Waals surface area (Å²) in [6, 6.07) is 4.94. The maximum atomic E-state index is 11.3. The minimum atomic E-state index is -4.37. The molecule has 0 aliphatic carbocycles. The van der Waals surface area contributed by atoms with Crippen molar-refractivity contribution in [3.8, 4) is 0 Å². The van der Waals surface area contributed by atoms with Crippen LogP contribution in [0.5, 0.6) is 0 Å². The molecule has 0 unspecified atom stereocenters. The molecule has 0 amide bonds. The molecule has 0 spiro atoms. The number of rotatable bonds is 11. The van der Waals surface area contributed by atoms with Crippen LogP contribution in [0.1, 0.15) is 75.8 Å². The SMILES string of the molecule is CCCCCCCCCCCc1c(C)cccc1S(=O)(=O)[O-].[Na+]. The third kappa shape index (κ3) is 9.25. The summed E-state index contributed by atoms with van der Waals surface area (Å²) in [6.45, 7) is 4.10. The maximum absolute atomic E-state index is 11.3. The van der Waals surface area contributed by atoms with E-state index in [-0.39, 0.29) is 34.5 Å². The molecule has 0 saturated carbocycles. The fraction of sp³-hybridized carbons (Fsp3) is 0.667. The maximum Gasteiger partial charge on any atom is 1.00 e. The second-order valence-electron chi connectivity index (χ2n) is 6.08. The van der Waals surface area contributed by atoms with Gasteiger partial charge in [-0.25, -0.2) is 8.42 Å². The van der Waals surface area contributed by atoms with Gasteiger partial charge in [-0.1, -0.05) is 70.4 Å². The normalized spacial score (nSPS) is 11.3. The summed E-state index contributed by atoms with van der Waals surface area (Å²) in [4.78, 5) is -0.0351. The summed E-state index contributed by atoms with van der Waals surface area (Å²) in [5, 5.41) is 0. The molecule has 0 heterocycles. The Hall–Kier alpha value is 0.130. The summed E-state index contributed by atoms with van der Waals surface area (Å²) in [5.74, 6) is 0. The fourth-order valence-electron chi connectivity index (χ4n) is 2.84. The van der Waals surface area contributed by atoms with Crippen LogP contribution in [0.15, 0.2) is 23.1 Å². The van der Waals surface area contributed by atoms with Crippen molar-refractivity contribution < 1.29 is 42.5 Å². The smallest absolute Gasteiger partial charge is 0.744 e. The van der Waals surface area contributed by atoms with Gasteiger partial charge in [0.05, 0.1) is 4.90 Å². The molecule has 1 aromatic carbocycles. The summed E-state index contributed by atoms with van der Waals surface area (Å²) < 4.78 is 33.9. The first-order valence-corrected chi connectivity index (χ1v) is 9.92. The molecule has 0 aromatic heterocycles. The van der Waals surface area contributed by atoms with Crippen LogP contribution in [-0.2, 0) is 16.5 Å². The topological polar surface area (TPSA) is 57.2 Å². The van der Waals surface area contributed by atoms with E-state index in [1.165, 1.54) is 51.0 Å². The predicted octanol–water partition coefficient (Wildman–Crippen LogP) is 1.98. The minimum absolute atomic E-state index is 0. The Balaban J connectivity index is 0.00000484. The van der Waals surface area contributed by atoms with Gasteiger partial charge < -0.3 is 4.55 Å². The van der Waals surface area contributed by atoms with Gasteiger partial charge in [0, 0.05) is 0 Å². The second-order valence-corrected chi connectivity index (χ2v) is 7.43. The average molecular weight is 348 g/mol. The zero-order valence-corrected chi connectivity index (χ0v) is 17.8. The fourth-order valence-corrected chi connectivity index (χ4v) is 3.65. The zero-order chi connectivity index (χ0) is 16.4. The Labute approximate surface area is 164 Å². The Bertz CT molecular complexity index is 541. The van der Waals surface area contributed by atoms with Crippen LogP contribution in [0.3, 0.4) is 0 Å². The molecule has 5 heteroatoms. The van der Waals surface area contributed by atoms with Gasteiger partial charge in [-0.15, -0.1) is 0 Å². The molecule has 1 rings (SSSR count). The van der Waals surface area contributed by atoms with Crippen LogP contribution >= 0.6 is 0 Å². The van der Waals surface area contributed by atoms with E-state index < -0.39 is 10.1 Å². The Kier molecular flexibility index (Phi) is 12.6. The molecule has 0 radical (unpaired) electrons. The molecule has 0 aliphatic rings. The monoisotopic (exact) mass is 348 g/mol. The zero-order valence-electron chi connectivity index (χ0n) is 14.9. The first-order valence-electron chi connectivity index (χ1n) is 8.51.